The molecule has 1 atom stereocenters. The molecule has 5 heteroatoms. The van der Waals surface area contributed by atoms with Gasteiger partial charge in [0.1, 0.15) is 0 Å². The fraction of sp³-hybridized carbons (Fsp3) is 0.300. The van der Waals surface area contributed by atoms with Crippen LogP contribution < -0.4 is 5.32 Å². The molecule has 0 fully saturated rings. The number of amides is 1. The molecule has 0 saturated heterocycles. The standard InChI is InChI=1S/C10H10Br2ClNO/c1-2-7(11)10(15)14-9-5-6(13)3-4-8(9)12/h3-5,7H,2H2,1H3,(H,14,15). The molecule has 2 nitrogen and oxygen atoms in total. The summed E-state index contributed by atoms with van der Waals surface area (Å²) in [7, 11) is 0. The van der Waals surface area contributed by atoms with E-state index in [-0.39, 0.29) is 10.7 Å². The smallest absolute Gasteiger partial charge is 0.238 e. The molecule has 0 saturated carbocycles. The van der Waals surface area contributed by atoms with Crippen molar-refractivity contribution in [3.63, 3.8) is 0 Å². The molecule has 0 aromatic heterocycles. The SMILES string of the molecule is CCC(Br)C(=O)Nc1cc(Cl)ccc1Br. The molecule has 1 unspecified atom stereocenters. The van der Waals surface area contributed by atoms with E-state index in [4.69, 9.17) is 11.6 Å². The average Bonchev–Trinajstić information content (AvgIpc) is 2.22. The topological polar surface area (TPSA) is 29.1 Å². The first-order valence-electron chi connectivity index (χ1n) is 4.44. The largest absolute Gasteiger partial charge is 0.324 e. The van der Waals surface area contributed by atoms with Crippen LogP contribution in [0.25, 0.3) is 0 Å². The number of alkyl halides is 1. The van der Waals surface area contributed by atoms with Crippen LogP contribution in [0.4, 0.5) is 5.69 Å². The van der Waals surface area contributed by atoms with Crippen molar-refractivity contribution in [2.45, 2.75) is 18.2 Å². The summed E-state index contributed by atoms with van der Waals surface area (Å²) in [4.78, 5) is 11.4. The van der Waals surface area contributed by atoms with Gasteiger partial charge >= 0.3 is 0 Å². The molecule has 15 heavy (non-hydrogen) atoms. The maximum absolute atomic E-state index is 11.6. The first-order chi connectivity index (χ1) is 7.04. The molecular formula is C10H10Br2ClNO. The molecule has 0 aliphatic carbocycles. The Morgan fingerprint density at radius 3 is 2.87 bits per heavy atom. The maximum Gasteiger partial charge on any atom is 0.238 e. The fourth-order valence-corrected chi connectivity index (χ4v) is 1.62. The Morgan fingerprint density at radius 1 is 1.60 bits per heavy atom. The summed E-state index contributed by atoms with van der Waals surface area (Å²) >= 11 is 12.5. The molecule has 82 valence electrons. The highest BCUT2D eigenvalue weighted by molar-refractivity contribution is 9.10. The summed E-state index contributed by atoms with van der Waals surface area (Å²) in [5.74, 6) is -0.0690. The third-order valence-corrected chi connectivity index (χ3v) is 3.82. The monoisotopic (exact) mass is 353 g/mol. The lowest BCUT2D eigenvalue weighted by atomic mass is 10.3. The van der Waals surface area contributed by atoms with Crippen molar-refractivity contribution in [3.8, 4) is 0 Å². The second-order valence-corrected chi connectivity index (χ2v) is 5.39. The highest BCUT2D eigenvalue weighted by Gasteiger charge is 2.13. The number of hydrogen-bond donors (Lipinski definition) is 1. The van der Waals surface area contributed by atoms with Gasteiger partial charge in [-0.2, -0.15) is 0 Å². The minimum Gasteiger partial charge on any atom is -0.324 e. The van der Waals surface area contributed by atoms with Crippen molar-refractivity contribution in [1.82, 2.24) is 0 Å². The Balaban J connectivity index is 2.80. The van der Waals surface area contributed by atoms with Gasteiger partial charge in [-0.3, -0.25) is 4.79 Å². The number of nitrogens with one attached hydrogen (secondary N) is 1. The molecule has 1 N–H and O–H groups in total. The zero-order chi connectivity index (χ0) is 11.4. The van der Waals surface area contributed by atoms with E-state index in [9.17, 15) is 4.79 Å². The third-order valence-electron chi connectivity index (χ3n) is 1.83. The lowest BCUT2D eigenvalue weighted by Crippen LogP contribution is -2.22. The van der Waals surface area contributed by atoms with Gasteiger partial charge in [0, 0.05) is 9.50 Å². The van der Waals surface area contributed by atoms with E-state index in [1.165, 1.54) is 0 Å². The van der Waals surface area contributed by atoms with Crippen molar-refractivity contribution in [3.05, 3.63) is 27.7 Å². The van der Waals surface area contributed by atoms with Crippen LogP contribution in [0.1, 0.15) is 13.3 Å². The highest BCUT2D eigenvalue weighted by atomic mass is 79.9. The zero-order valence-corrected chi connectivity index (χ0v) is 12.0. The Kier molecular flexibility index (Phi) is 5.09. The predicted octanol–water partition coefficient (Wildman–Crippen LogP) is 4.21. The Morgan fingerprint density at radius 2 is 2.27 bits per heavy atom. The van der Waals surface area contributed by atoms with Gasteiger partial charge in [0.25, 0.3) is 0 Å². The van der Waals surface area contributed by atoms with Crippen molar-refractivity contribution < 1.29 is 4.79 Å². The van der Waals surface area contributed by atoms with Crippen LogP contribution in [0.5, 0.6) is 0 Å². The molecule has 0 bridgehead atoms. The summed E-state index contributed by atoms with van der Waals surface area (Å²) in [6.07, 6.45) is 0.740. The van der Waals surface area contributed by atoms with E-state index in [1.807, 2.05) is 6.92 Å². The third kappa shape index (κ3) is 3.78. The normalized spacial score (nSPS) is 12.3. The van der Waals surface area contributed by atoms with E-state index >= 15 is 0 Å². The van der Waals surface area contributed by atoms with Gasteiger partial charge in [-0.05, 0) is 40.5 Å². The molecule has 0 aliphatic rings. The molecule has 0 radical (unpaired) electrons. The molecular weight excluding hydrogens is 345 g/mol. The maximum atomic E-state index is 11.6. The van der Waals surface area contributed by atoms with Gasteiger partial charge in [-0.25, -0.2) is 0 Å². The van der Waals surface area contributed by atoms with E-state index < -0.39 is 0 Å². The van der Waals surface area contributed by atoms with Gasteiger partial charge in [-0.1, -0.05) is 34.5 Å². The zero-order valence-electron chi connectivity index (χ0n) is 8.06. The van der Waals surface area contributed by atoms with Crippen molar-refractivity contribution in [2.24, 2.45) is 0 Å². The first kappa shape index (κ1) is 13.0. The second-order valence-electron chi connectivity index (χ2n) is 2.99. The number of benzene rings is 1. The minimum absolute atomic E-state index is 0.0690. The summed E-state index contributed by atoms with van der Waals surface area (Å²) in [5.41, 5.74) is 0.686. The lowest BCUT2D eigenvalue weighted by molar-refractivity contribution is -0.115. The number of carbonyl (C=O) groups is 1. The van der Waals surface area contributed by atoms with Crippen LogP contribution in [0, 0.1) is 0 Å². The molecule has 0 spiro atoms. The first-order valence-corrected chi connectivity index (χ1v) is 6.53. The molecule has 1 rings (SSSR count). The van der Waals surface area contributed by atoms with Gasteiger partial charge in [0.15, 0.2) is 0 Å². The summed E-state index contributed by atoms with van der Waals surface area (Å²) in [6.45, 7) is 1.94. The molecule has 1 amide bonds. The van der Waals surface area contributed by atoms with Crippen LogP contribution in [-0.4, -0.2) is 10.7 Å². The van der Waals surface area contributed by atoms with Crippen LogP contribution in [0.2, 0.25) is 5.02 Å². The molecule has 1 aromatic carbocycles. The predicted molar refractivity (Wildman–Crippen MR) is 70.8 cm³/mol. The van der Waals surface area contributed by atoms with Gasteiger partial charge in [0.05, 0.1) is 10.5 Å². The summed E-state index contributed by atoms with van der Waals surface area (Å²) in [6, 6.07) is 5.26. The Labute approximate surface area is 111 Å². The number of hydrogen-bond acceptors (Lipinski definition) is 1. The van der Waals surface area contributed by atoms with Crippen molar-refractivity contribution in [1.29, 1.82) is 0 Å². The summed E-state index contributed by atoms with van der Waals surface area (Å²) in [5, 5.41) is 3.38. The Bertz CT molecular complexity index is 370. The van der Waals surface area contributed by atoms with E-state index in [2.05, 4.69) is 37.2 Å². The Hall–Kier alpha value is -0.0600. The molecule has 1 aromatic rings. The number of rotatable bonds is 3. The summed E-state index contributed by atoms with van der Waals surface area (Å²) < 4.78 is 0.816. The van der Waals surface area contributed by atoms with Gasteiger partial charge in [0.2, 0.25) is 5.91 Å². The van der Waals surface area contributed by atoms with Crippen LogP contribution >= 0.6 is 43.5 Å². The number of halogens is 3. The van der Waals surface area contributed by atoms with Crippen molar-refractivity contribution >= 4 is 55.1 Å². The minimum atomic E-state index is -0.177. The van der Waals surface area contributed by atoms with Gasteiger partial charge in [-0.15, -0.1) is 0 Å². The van der Waals surface area contributed by atoms with Crippen molar-refractivity contribution in [2.75, 3.05) is 5.32 Å². The number of carbonyl (C=O) groups excluding carboxylic acids is 1. The van der Waals surface area contributed by atoms with E-state index in [1.54, 1.807) is 18.2 Å². The highest BCUT2D eigenvalue weighted by Crippen LogP contribution is 2.26. The lowest BCUT2D eigenvalue weighted by Gasteiger charge is -2.10. The molecule has 0 heterocycles. The van der Waals surface area contributed by atoms with E-state index in [0.29, 0.717) is 10.7 Å². The van der Waals surface area contributed by atoms with Crippen LogP contribution in [-0.2, 0) is 4.79 Å². The van der Waals surface area contributed by atoms with E-state index in [0.717, 1.165) is 10.9 Å². The van der Waals surface area contributed by atoms with Crippen LogP contribution in [0.15, 0.2) is 22.7 Å². The quantitative estimate of drug-likeness (QED) is 0.809. The van der Waals surface area contributed by atoms with Gasteiger partial charge < -0.3 is 5.32 Å². The number of anilines is 1. The second kappa shape index (κ2) is 5.87. The van der Waals surface area contributed by atoms with Crippen LogP contribution in [0.3, 0.4) is 0 Å². The average molecular weight is 355 g/mol. The fourth-order valence-electron chi connectivity index (χ4n) is 0.990. The molecule has 0 aliphatic heterocycles.